The molecule has 1 heterocycles. The number of sulfone groups is 1. The molecular formula is C23H27N3O6S. The molecule has 2 aromatic carbocycles. The van der Waals surface area contributed by atoms with Crippen molar-refractivity contribution in [1.29, 1.82) is 0 Å². The first-order valence-electron chi connectivity index (χ1n) is 10.3. The van der Waals surface area contributed by atoms with E-state index in [2.05, 4.69) is 10.6 Å². The summed E-state index contributed by atoms with van der Waals surface area (Å²) in [4.78, 5) is 38.8. The molecule has 2 N–H and O–H groups in total. The van der Waals surface area contributed by atoms with Crippen molar-refractivity contribution >= 4 is 39.1 Å². The molecule has 1 fully saturated rings. The van der Waals surface area contributed by atoms with Crippen LogP contribution in [0.1, 0.15) is 43.1 Å². The second kappa shape index (κ2) is 8.86. The smallest absolute Gasteiger partial charge is 0.328 e. The van der Waals surface area contributed by atoms with Crippen molar-refractivity contribution in [3.8, 4) is 5.75 Å². The Bertz CT molecular complexity index is 1230. The van der Waals surface area contributed by atoms with Crippen molar-refractivity contribution in [3.63, 3.8) is 0 Å². The second-order valence-electron chi connectivity index (χ2n) is 8.80. The number of carbonyl (C=O) groups is 3. The van der Waals surface area contributed by atoms with Crippen LogP contribution in [0.5, 0.6) is 5.75 Å². The van der Waals surface area contributed by atoms with E-state index in [9.17, 15) is 22.8 Å². The number of carbonyl (C=O) groups excluding carboxylic acids is 3. The lowest BCUT2D eigenvalue weighted by molar-refractivity contribution is -0.120. The Balaban J connectivity index is 2.13. The van der Waals surface area contributed by atoms with E-state index in [0.29, 0.717) is 17.0 Å². The number of imide groups is 1. The number of methoxy groups -OCH3 is 1. The number of ether oxygens (including phenoxy) is 1. The summed E-state index contributed by atoms with van der Waals surface area (Å²) < 4.78 is 29.9. The normalized spacial score (nSPS) is 14.6. The number of rotatable bonds is 5. The van der Waals surface area contributed by atoms with E-state index in [-0.39, 0.29) is 35.0 Å². The van der Waals surface area contributed by atoms with Crippen molar-refractivity contribution < 1.29 is 27.5 Å². The molecule has 0 aromatic heterocycles. The lowest BCUT2D eigenvalue weighted by atomic mass is 9.84. The number of hydrogen-bond donors (Lipinski definition) is 2. The molecule has 1 aliphatic heterocycles. The monoisotopic (exact) mass is 473 g/mol. The van der Waals surface area contributed by atoms with E-state index in [1.807, 2.05) is 20.8 Å². The first-order valence-corrected chi connectivity index (χ1v) is 12.2. The average molecular weight is 474 g/mol. The molecule has 1 saturated heterocycles. The minimum Gasteiger partial charge on any atom is -0.496 e. The summed E-state index contributed by atoms with van der Waals surface area (Å²) in [5.74, 6) is -0.644. The third-order valence-corrected chi connectivity index (χ3v) is 6.39. The summed E-state index contributed by atoms with van der Waals surface area (Å²) in [6.07, 6.45) is 1.19. The summed E-state index contributed by atoms with van der Waals surface area (Å²) in [6.45, 7) is 5.98. The summed E-state index contributed by atoms with van der Waals surface area (Å²) in [5.41, 5.74) is 0.911. The molecule has 9 nitrogen and oxygen atoms in total. The Kier molecular flexibility index (Phi) is 6.51. The van der Waals surface area contributed by atoms with Crippen LogP contribution in [0.15, 0.2) is 41.3 Å². The van der Waals surface area contributed by atoms with Crippen LogP contribution in [0.4, 0.5) is 16.2 Å². The van der Waals surface area contributed by atoms with Crippen LogP contribution < -0.4 is 20.3 Å². The van der Waals surface area contributed by atoms with Crippen LogP contribution in [0.25, 0.3) is 0 Å². The summed E-state index contributed by atoms with van der Waals surface area (Å²) in [6, 6.07) is 8.78. The number of para-hydroxylation sites is 1. The van der Waals surface area contributed by atoms with E-state index >= 15 is 0 Å². The number of nitrogens with one attached hydrogen (secondary N) is 2. The van der Waals surface area contributed by atoms with Gasteiger partial charge < -0.3 is 10.1 Å². The van der Waals surface area contributed by atoms with Crippen molar-refractivity contribution in [2.24, 2.45) is 0 Å². The standard InChI is InChI=1S/C23H27N3O6S/c1-23(2,3)16-13-14(26-11-10-19(27)25-22(26)29)12-15(20(16)32-4)21(28)24-17-8-6-7-9-18(17)33(5,30)31/h6-9,12-13H,10-11H2,1-5H3,(H,24,28)(H,25,27,29). The highest BCUT2D eigenvalue weighted by Gasteiger charge is 2.30. The first-order chi connectivity index (χ1) is 15.3. The fraction of sp³-hybridized carbons (Fsp3) is 0.348. The van der Waals surface area contributed by atoms with Crippen LogP contribution in [0.3, 0.4) is 0 Å². The number of amides is 4. The van der Waals surface area contributed by atoms with Gasteiger partial charge in [-0.2, -0.15) is 0 Å². The molecule has 0 aliphatic carbocycles. The number of anilines is 2. The minimum absolute atomic E-state index is 0.0153. The zero-order valence-corrected chi connectivity index (χ0v) is 20.0. The number of benzene rings is 2. The quantitative estimate of drug-likeness (QED) is 0.688. The van der Waals surface area contributed by atoms with Gasteiger partial charge in [-0.15, -0.1) is 0 Å². The molecule has 176 valence electrons. The molecule has 2 aromatic rings. The topological polar surface area (TPSA) is 122 Å². The number of urea groups is 1. The Labute approximate surface area is 193 Å². The molecule has 0 atom stereocenters. The summed E-state index contributed by atoms with van der Waals surface area (Å²) in [7, 11) is -2.14. The van der Waals surface area contributed by atoms with Gasteiger partial charge in [0.15, 0.2) is 9.84 Å². The predicted octanol–water partition coefficient (Wildman–Crippen LogP) is 3.09. The van der Waals surface area contributed by atoms with Gasteiger partial charge in [0.1, 0.15) is 5.75 Å². The maximum Gasteiger partial charge on any atom is 0.328 e. The van der Waals surface area contributed by atoms with Gasteiger partial charge in [0.25, 0.3) is 5.91 Å². The van der Waals surface area contributed by atoms with E-state index < -0.39 is 27.2 Å². The Morgan fingerprint density at radius 3 is 2.39 bits per heavy atom. The molecule has 0 saturated carbocycles. The molecular weight excluding hydrogens is 446 g/mol. The molecule has 0 bridgehead atoms. The van der Waals surface area contributed by atoms with Crippen LogP contribution >= 0.6 is 0 Å². The number of hydrogen-bond acceptors (Lipinski definition) is 6. The predicted molar refractivity (Wildman–Crippen MR) is 125 cm³/mol. The van der Waals surface area contributed by atoms with Gasteiger partial charge in [0.05, 0.1) is 23.3 Å². The first kappa shape index (κ1) is 24.2. The molecule has 0 unspecified atom stereocenters. The molecule has 0 spiro atoms. The molecule has 3 rings (SSSR count). The largest absolute Gasteiger partial charge is 0.496 e. The van der Waals surface area contributed by atoms with Crippen LogP contribution in [0.2, 0.25) is 0 Å². The van der Waals surface area contributed by atoms with Crippen molar-refractivity contribution in [2.45, 2.75) is 37.5 Å². The lowest BCUT2D eigenvalue weighted by Gasteiger charge is -2.30. The van der Waals surface area contributed by atoms with Gasteiger partial charge in [0.2, 0.25) is 5.91 Å². The van der Waals surface area contributed by atoms with Gasteiger partial charge in [-0.05, 0) is 29.7 Å². The zero-order valence-electron chi connectivity index (χ0n) is 19.2. The zero-order chi connectivity index (χ0) is 24.6. The third kappa shape index (κ3) is 5.16. The van der Waals surface area contributed by atoms with Crippen molar-refractivity contribution in [2.75, 3.05) is 30.1 Å². The van der Waals surface area contributed by atoms with E-state index in [0.717, 1.165) is 6.26 Å². The van der Waals surface area contributed by atoms with Gasteiger partial charge in [-0.3, -0.25) is 19.8 Å². The fourth-order valence-corrected chi connectivity index (χ4v) is 4.45. The molecule has 33 heavy (non-hydrogen) atoms. The van der Waals surface area contributed by atoms with Gasteiger partial charge in [0, 0.05) is 30.5 Å². The van der Waals surface area contributed by atoms with Crippen molar-refractivity contribution in [3.05, 3.63) is 47.5 Å². The molecule has 0 radical (unpaired) electrons. The highest BCUT2D eigenvalue weighted by Crippen LogP contribution is 2.38. The average Bonchev–Trinajstić information content (AvgIpc) is 2.71. The highest BCUT2D eigenvalue weighted by molar-refractivity contribution is 7.90. The lowest BCUT2D eigenvalue weighted by Crippen LogP contribution is -2.49. The number of nitrogens with zero attached hydrogens (tertiary/aromatic N) is 1. The fourth-order valence-electron chi connectivity index (χ4n) is 3.61. The molecule has 1 aliphatic rings. The summed E-state index contributed by atoms with van der Waals surface area (Å²) >= 11 is 0. The van der Waals surface area contributed by atoms with E-state index in [1.165, 1.54) is 30.2 Å². The van der Waals surface area contributed by atoms with Crippen LogP contribution in [0, 0.1) is 0 Å². The molecule has 10 heteroatoms. The Morgan fingerprint density at radius 1 is 1.15 bits per heavy atom. The van der Waals surface area contributed by atoms with Crippen LogP contribution in [-0.4, -0.2) is 46.2 Å². The Hall–Kier alpha value is -3.40. The van der Waals surface area contributed by atoms with Crippen molar-refractivity contribution in [1.82, 2.24) is 5.32 Å². The van der Waals surface area contributed by atoms with E-state index in [1.54, 1.807) is 18.2 Å². The van der Waals surface area contributed by atoms with Gasteiger partial charge in [-0.25, -0.2) is 13.2 Å². The highest BCUT2D eigenvalue weighted by atomic mass is 32.2. The second-order valence-corrected chi connectivity index (χ2v) is 10.8. The van der Waals surface area contributed by atoms with E-state index in [4.69, 9.17) is 4.74 Å². The SMILES string of the molecule is COc1c(C(=O)Nc2ccccc2S(C)(=O)=O)cc(N2CCC(=O)NC2=O)cc1C(C)(C)C. The Morgan fingerprint density at radius 2 is 1.82 bits per heavy atom. The van der Waals surface area contributed by atoms with Gasteiger partial charge in [-0.1, -0.05) is 32.9 Å². The third-order valence-electron chi connectivity index (χ3n) is 5.23. The minimum atomic E-state index is -3.59. The van der Waals surface area contributed by atoms with Gasteiger partial charge >= 0.3 is 6.03 Å². The molecule has 4 amide bonds. The van der Waals surface area contributed by atoms with Crippen LogP contribution in [-0.2, 0) is 20.0 Å². The maximum absolute atomic E-state index is 13.4. The summed E-state index contributed by atoms with van der Waals surface area (Å²) in [5, 5.41) is 4.94. The maximum atomic E-state index is 13.4.